The fourth-order valence-electron chi connectivity index (χ4n) is 4.87. The highest BCUT2D eigenvalue weighted by atomic mass is 35.5. The summed E-state index contributed by atoms with van der Waals surface area (Å²) in [5.74, 6) is 1.09. The van der Waals surface area contributed by atoms with Gasteiger partial charge in [0.05, 0.1) is 9.85 Å². The molecule has 16 heteroatoms. The largest absolute Gasteiger partial charge is 0.374 e. The molecule has 0 aromatic carbocycles. The summed E-state index contributed by atoms with van der Waals surface area (Å²) in [5.41, 5.74) is 2.09. The average Bonchev–Trinajstić information content (AvgIpc) is 3.01. The van der Waals surface area contributed by atoms with Gasteiger partial charge in [-0.1, -0.05) is 41.9 Å². The Morgan fingerprint density at radius 2 is 1.59 bits per heavy atom. The second kappa shape index (κ2) is 17.1. The molecule has 1 unspecified atom stereocenters. The van der Waals surface area contributed by atoms with Crippen LogP contribution in [0.5, 0.6) is 0 Å². The Morgan fingerprint density at radius 3 is 2.11 bits per heavy atom. The number of aliphatic hydroxyl groups is 1. The number of nitrogens with zero attached hydrogens (tertiary/aromatic N) is 7. The van der Waals surface area contributed by atoms with Gasteiger partial charge in [0.25, 0.3) is 11.9 Å². The third kappa shape index (κ3) is 10.2. The van der Waals surface area contributed by atoms with E-state index in [0.29, 0.717) is 54.3 Å². The Kier molecular flexibility index (Phi) is 13.3. The summed E-state index contributed by atoms with van der Waals surface area (Å²) in [6.45, 7) is 7.11. The van der Waals surface area contributed by atoms with Crippen molar-refractivity contribution < 1.29 is 19.7 Å². The summed E-state index contributed by atoms with van der Waals surface area (Å²) in [6.07, 6.45) is 8.04. The third-order valence-electron chi connectivity index (χ3n) is 6.78. The van der Waals surface area contributed by atoms with E-state index >= 15 is 0 Å². The first kappa shape index (κ1) is 34.2. The molecule has 3 aliphatic rings. The minimum absolute atomic E-state index is 0.187. The van der Waals surface area contributed by atoms with Gasteiger partial charge in [0.2, 0.25) is 0 Å². The first-order valence-electron chi connectivity index (χ1n) is 13.8. The van der Waals surface area contributed by atoms with Gasteiger partial charge in [0, 0.05) is 64.5 Å². The lowest BCUT2D eigenvalue weighted by Gasteiger charge is -2.44. The number of carbonyl (C=O) groups excluding carboxylic acids is 1. The lowest BCUT2D eigenvalue weighted by molar-refractivity contribution is -0.434. The van der Waals surface area contributed by atoms with Crippen LogP contribution in [0.3, 0.4) is 0 Å². The molecule has 14 nitrogen and oxygen atoms in total. The van der Waals surface area contributed by atoms with Crippen molar-refractivity contribution in [2.75, 3.05) is 26.2 Å². The van der Waals surface area contributed by atoms with Crippen LogP contribution in [0.25, 0.3) is 0 Å². The summed E-state index contributed by atoms with van der Waals surface area (Å²) >= 11 is 11.5. The molecule has 3 aliphatic heterocycles. The highest BCUT2D eigenvalue weighted by Crippen LogP contribution is 2.32. The van der Waals surface area contributed by atoms with Gasteiger partial charge in [0.15, 0.2) is 11.6 Å². The number of aromatic nitrogens is 2. The van der Waals surface area contributed by atoms with Gasteiger partial charge in [-0.2, -0.15) is 0 Å². The number of halogens is 2. The van der Waals surface area contributed by atoms with E-state index < -0.39 is 11.2 Å². The zero-order chi connectivity index (χ0) is 32.1. The molecular formula is C28H34Cl2N8O6. The molecule has 0 bridgehead atoms. The molecule has 0 spiro atoms. The van der Waals surface area contributed by atoms with E-state index in [4.69, 9.17) is 28.0 Å². The Labute approximate surface area is 264 Å². The number of allylic oxidation sites excluding steroid dienone is 2. The first-order chi connectivity index (χ1) is 21.1. The van der Waals surface area contributed by atoms with Gasteiger partial charge in [-0.25, -0.2) is 9.97 Å². The Balaban J connectivity index is 0.000000218. The molecule has 5 heterocycles. The number of fused-ring (bicyclic) bond motifs is 1. The van der Waals surface area contributed by atoms with Crippen molar-refractivity contribution in [3.8, 4) is 0 Å². The number of hydrogen-bond acceptors (Lipinski definition) is 12. The van der Waals surface area contributed by atoms with Crippen LogP contribution in [0.2, 0.25) is 10.3 Å². The highest BCUT2D eigenvalue weighted by Gasteiger charge is 2.38. The van der Waals surface area contributed by atoms with Crippen LogP contribution in [-0.2, 0) is 17.9 Å². The van der Waals surface area contributed by atoms with Crippen molar-refractivity contribution in [2.24, 2.45) is 0 Å². The Morgan fingerprint density at radius 1 is 1.00 bits per heavy atom. The van der Waals surface area contributed by atoms with Gasteiger partial charge in [-0.15, -0.1) is 0 Å². The van der Waals surface area contributed by atoms with E-state index in [1.54, 1.807) is 29.4 Å². The number of pyridine rings is 2. The molecule has 5 rings (SSSR count). The smallest absolute Gasteiger partial charge is 0.286 e. The van der Waals surface area contributed by atoms with Crippen LogP contribution in [0, 0.1) is 20.2 Å². The maximum Gasteiger partial charge on any atom is 0.286 e. The molecule has 2 N–H and O–H groups in total. The number of hydrogen-bond donors (Lipinski definition) is 2. The van der Waals surface area contributed by atoms with E-state index in [1.807, 2.05) is 21.9 Å². The van der Waals surface area contributed by atoms with Gasteiger partial charge in [-0.05, 0) is 42.2 Å². The predicted octanol–water partition coefficient (Wildman–Crippen LogP) is 3.78. The zero-order valence-corrected chi connectivity index (χ0v) is 25.4. The molecular weight excluding hydrogens is 615 g/mol. The van der Waals surface area contributed by atoms with Crippen molar-refractivity contribution in [3.05, 3.63) is 115 Å². The van der Waals surface area contributed by atoms with Gasteiger partial charge in [-0.3, -0.25) is 25.0 Å². The Bertz CT molecular complexity index is 1350. The molecule has 44 heavy (non-hydrogen) atoms. The topological polar surface area (TPSA) is 171 Å². The van der Waals surface area contributed by atoms with Crippen molar-refractivity contribution in [2.45, 2.75) is 45.0 Å². The third-order valence-corrected chi connectivity index (χ3v) is 7.22. The van der Waals surface area contributed by atoms with Crippen LogP contribution in [0.1, 0.15) is 36.8 Å². The number of rotatable bonds is 7. The molecule has 2 aromatic heterocycles. The van der Waals surface area contributed by atoms with Gasteiger partial charge >= 0.3 is 0 Å². The number of aldehydes is 1. The Hall–Kier alpha value is -4.27. The fourth-order valence-corrected chi connectivity index (χ4v) is 5.10. The summed E-state index contributed by atoms with van der Waals surface area (Å²) < 4.78 is 0. The zero-order valence-electron chi connectivity index (χ0n) is 23.9. The monoisotopic (exact) mass is 648 g/mol. The molecule has 2 saturated heterocycles. The van der Waals surface area contributed by atoms with Crippen molar-refractivity contribution in [3.63, 3.8) is 0 Å². The molecule has 0 aliphatic carbocycles. The van der Waals surface area contributed by atoms with Crippen LogP contribution in [-0.4, -0.2) is 78.3 Å². The lowest BCUT2D eigenvalue weighted by Crippen LogP contribution is -2.50. The normalized spacial score (nSPS) is 18.6. The lowest BCUT2D eigenvalue weighted by atomic mass is 10.1. The maximum absolute atomic E-state index is 11.3. The standard InChI is InChI=1S/C14H17ClN4O3.C11H13ClN4O2.C3H4O/c15-12-4-2-10(8-16-12)9-17-6-1-7-18-13(20)5-3-11(14(17)18)19(21)22;12-10-3-2-9(6-14-10)7-15-5-1-4-13-11(15)8-16(17)18;1-2-3-4/h2,4,8,13,20H,1,3,5-7,9H2;2-3,6,8,13H,1,4-5,7H2;2-3H,1H2/b;11-8-;. The van der Waals surface area contributed by atoms with E-state index in [-0.39, 0.29) is 17.0 Å². The van der Waals surface area contributed by atoms with Crippen molar-refractivity contribution in [1.82, 2.24) is 30.0 Å². The molecule has 0 saturated carbocycles. The van der Waals surface area contributed by atoms with Crippen LogP contribution in [0.15, 0.2) is 72.9 Å². The second-order valence-corrected chi connectivity index (χ2v) is 10.6. The van der Waals surface area contributed by atoms with E-state index in [2.05, 4.69) is 21.9 Å². The first-order valence-corrected chi connectivity index (χ1v) is 14.6. The molecule has 2 fully saturated rings. The molecule has 236 valence electrons. The predicted molar refractivity (Wildman–Crippen MR) is 164 cm³/mol. The molecule has 0 radical (unpaired) electrons. The number of carbonyl (C=O) groups is 1. The summed E-state index contributed by atoms with van der Waals surface area (Å²) in [7, 11) is 0. The minimum atomic E-state index is -0.648. The van der Waals surface area contributed by atoms with Crippen molar-refractivity contribution >= 4 is 29.5 Å². The number of aliphatic hydroxyl groups excluding tert-OH is 1. The number of nitro groups is 2. The van der Waals surface area contributed by atoms with E-state index in [1.165, 1.54) is 6.08 Å². The summed E-state index contributed by atoms with van der Waals surface area (Å²) in [6, 6.07) is 7.15. The second-order valence-electron chi connectivity index (χ2n) is 9.87. The van der Waals surface area contributed by atoms with Crippen LogP contribution < -0.4 is 5.32 Å². The van der Waals surface area contributed by atoms with E-state index in [9.17, 15) is 25.3 Å². The molecule has 0 amide bonds. The van der Waals surface area contributed by atoms with Gasteiger partial charge in [0.1, 0.15) is 22.8 Å². The van der Waals surface area contributed by atoms with E-state index in [0.717, 1.165) is 49.8 Å². The minimum Gasteiger partial charge on any atom is -0.374 e. The average molecular weight is 650 g/mol. The summed E-state index contributed by atoms with van der Waals surface area (Å²) in [5, 5.41) is 35.9. The molecule has 2 aromatic rings. The molecule has 1 atom stereocenters. The van der Waals surface area contributed by atoms with Crippen molar-refractivity contribution in [1.29, 1.82) is 0 Å². The maximum atomic E-state index is 11.3. The number of nitrogens with one attached hydrogen (secondary N) is 1. The highest BCUT2D eigenvalue weighted by molar-refractivity contribution is 6.29. The van der Waals surface area contributed by atoms with Gasteiger partial charge < -0.3 is 25.1 Å². The SMILES string of the molecule is C=CC=O.O=[N+]([O-])/C=C1/NCCCN1Cc1ccc(Cl)nc1.O=[N+]([O-])C1=C2N(Cc3ccc(Cl)nc3)CCCN2C(O)CC1. The fraction of sp³-hybridized carbons (Fsp3) is 0.393. The summed E-state index contributed by atoms with van der Waals surface area (Å²) in [4.78, 5) is 43.8. The van der Waals surface area contributed by atoms with Crippen LogP contribution in [0.4, 0.5) is 0 Å². The van der Waals surface area contributed by atoms with Crippen LogP contribution >= 0.6 is 23.2 Å². The quantitative estimate of drug-likeness (QED) is 0.147.